The first kappa shape index (κ1) is 16.9. The second-order valence-corrected chi connectivity index (χ2v) is 7.48. The van der Waals surface area contributed by atoms with Crippen molar-refractivity contribution in [3.8, 4) is 0 Å². The fraction of sp³-hybridized carbons (Fsp3) is 0.533. The van der Waals surface area contributed by atoms with Gasteiger partial charge in [-0.15, -0.1) is 0 Å². The summed E-state index contributed by atoms with van der Waals surface area (Å²) in [6, 6.07) is 6.17. The number of carbonyl (C=O) groups excluding carboxylic acids is 1. The molecule has 1 heterocycles. The van der Waals surface area contributed by atoms with Crippen LogP contribution in [0, 0.1) is 5.82 Å². The normalized spacial score (nSPS) is 18.0. The molecule has 1 aliphatic heterocycles. The standard InChI is InChI=1S/C15H21FN2O3S/c16-14-7-2-1-6-13(14)12-15(19)17-8-5-10-18-9-3-4-11-22(18,20)21/h1-2,6-7H,3-5,8-12H2,(H,17,19). The fourth-order valence-electron chi connectivity index (χ4n) is 2.45. The molecule has 1 aromatic carbocycles. The number of benzene rings is 1. The molecule has 0 atom stereocenters. The average molecular weight is 328 g/mol. The van der Waals surface area contributed by atoms with Crippen molar-refractivity contribution in [1.82, 2.24) is 9.62 Å². The van der Waals surface area contributed by atoms with Crippen molar-refractivity contribution >= 4 is 15.9 Å². The van der Waals surface area contributed by atoms with Crippen LogP contribution in [0.3, 0.4) is 0 Å². The Morgan fingerprint density at radius 2 is 2.05 bits per heavy atom. The molecule has 0 radical (unpaired) electrons. The Kier molecular flexibility index (Phi) is 5.90. The fourth-order valence-corrected chi connectivity index (χ4v) is 4.09. The molecule has 1 fully saturated rings. The molecule has 0 saturated carbocycles. The molecule has 0 aliphatic carbocycles. The van der Waals surface area contributed by atoms with Crippen LogP contribution in [-0.2, 0) is 21.2 Å². The second kappa shape index (κ2) is 7.69. The Hall–Kier alpha value is -1.47. The van der Waals surface area contributed by atoms with Gasteiger partial charge >= 0.3 is 0 Å². The van der Waals surface area contributed by atoms with Gasteiger partial charge in [-0.05, 0) is 30.9 Å². The highest BCUT2D eigenvalue weighted by Gasteiger charge is 2.24. The van der Waals surface area contributed by atoms with Crippen LogP contribution in [0.15, 0.2) is 24.3 Å². The van der Waals surface area contributed by atoms with Crippen LogP contribution >= 0.6 is 0 Å². The van der Waals surface area contributed by atoms with Gasteiger partial charge in [0.15, 0.2) is 0 Å². The van der Waals surface area contributed by atoms with Gasteiger partial charge in [0.05, 0.1) is 12.2 Å². The molecule has 0 bridgehead atoms. The minimum absolute atomic E-state index is 0.00527. The molecular weight excluding hydrogens is 307 g/mol. The first-order valence-corrected chi connectivity index (χ1v) is 9.08. The monoisotopic (exact) mass is 328 g/mol. The third kappa shape index (κ3) is 4.78. The quantitative estimate of drug-likeness (QED) is 0.801. The van der Waals surface area contributed by atoms with E-state index in [2.05, 4.69) is 5.32 Å². The molecule has 22 heavy (non-hydrogen) atoms. The van der Waals surface area contributed by atoms with Crippen molar-refractivity contribution in [3.05, 3.63) is 35.6 Å². The Morgan fingerprint density at radius 3 is 2.77 bits per heavy atom. The zero-order valence-electron chi connectivity index (χ0n) is 12.4. The number of carbonyl (C=O) groups is 1. The third-order valence-corrected chi connectivity index (χ3v) is 5.63. The summed E-state index contributed by atoms with van der Waals surface area (Å²) in [4.78, 5) is 11.7. The summed E-state index contributed by atoms with van der Waals surface area (Å²) < 4.78 is 38.5. The van der Waals surface area contributed by atoms with Crippen molar-refractivity contribution in [2.75, 3.05) is 25.4 Å². The lowest BCUT2D eigenvalue weighted by molar-refractivity contribution is -0.120. The molecule has 5 nitrogen and oxygen atoms in total. The highest BCUT2D eigenvalue weighted by atomic mass is 32.2. The minimum Gasteiger partial charge on any atom is -0.356 e. The Morgan fingerprint density at radius 1 is 1.27 bits per heavy atom. The van der Waals surface area contributed by atoms with Gasteiger partial charge in [-0.2, -0.15) is 0 Å². The molecule has 0 unspecified atom stereocenters. The van der Waals surface area contributed by atoms with E-state index in [-0.39, 0.29) is 18.1 Å². The highest BCUT2D eigenvalue weighted by Crippen LogP contribution is 2.13. The van der Waals surface area contributed by atoms with Crippen molar-refractivity contribution in [2.24, 2.45) is 0 Å². The van der Waals surface area contributed by atoms with Gasteiger partial charge in [0, 0.05) is 19.6 Å². The van der Waals surface area contributed by atoms with E-state index >= 15 is 0 Å². The smallest absolute Gasteiger partial charge is 0.224 e. The summed E-state index contributed by atoms with van der Waals surface area (Å²) in [7, 11) is -3.11. The lowest BCUT2D eigenvalue weighted by Crippen LogP contribution is -2.39. The summed E-state index contributed by atoms with van der Waals surface area (Å²) in [5.74, 6) is -0.434. The molecule has 2 rings (SSSR count). The lowest BCUT2D eigenvalue weighted by Gasteiger charge is -2.26. The number of halogens is 1. The van der Waals surface area contributed by atoms with Crippen LogP contribution in [0.25, 0.3) is 0 Å². The number of sulfonamides is 1. The Bertz CT molecular complexity index is 619. The summed E-state index contributed by atoms with van der Waals surface area (Å²) in [6.45, 7) is 1.37. The van der Waals surface area contributed by atoms with Crippen LogP contribution in [0.5, 0.6) is 0 Å². The van der Waals surface area contributed by atoms with Gasteiger partial charge in [-0.1, -0.05) is 18.2 Å². The van der Waals surface area contributed by atoms with Crippen LogP contribution in [0.2, 0.25) is 0 Å². The van der Waals surface area contributed by atoms with Gasteiger partial charge in [0.1, 0.15) is 5.82 Å². The Labute approximate surface area is 130 Å². The number of nitrogens with zero attached hydrogens (tertiary/aromatic N) is 1. The van der Waals surface area contributed by atoms with E-state index in [1.54, 1.807) is 18.2 Å². The van der Waals surface area contributed by atoms with Crippen LogP contribution < -0.4 is 5.32 Å². The Balaban J connectivity index is 1.70. The van der Waals surface area contributed by atoms with Gasteiger partial charge in [0.2, 0.25) is 15.9 Å². The van der Waals surface area contributed by atoms with E-state index in [1.165, 1.54) is 10.4 Å². The molecule has 1 aliphatic rings. The second-order valence-electron chi connectivity index (χ2n) is 5.39. The zero-order valence-corrected chi connectivity index (χ0v) is 13.2. The van der Waals surface area contributed by atoms with Gasteiger partial charge < -0.3 is 5.32 Å². The minimum atomic E-state index is -3.11. The van der Waals surface area contributed by atoms with E-state index in [0.717, 1.165) is 12.8 Å². The number of amides is 1. The summed E-state index contributed by atoms with van der Waals surface area (Å²) in [6.07, 6.45) is 2.16. The maximum Gasteiger partial charge on any atom is 0.224 e. The lowest BCUT2D eigenvalue weighted by atomic mass is 10.1. The van der Waals surface area contributed by atoms with E-state index < -0.39 is 15.8 Å². The summed E-state index contributed by atoms with van der Waals surface area (Å²) >= 11 is 0. The van der Waals surface area contributed by atoms with Gasteiger partial charge in [-0.25, -0.2) is 17.1 Å². The molecule has 0 aromatic heterocycles. The molecule has 1 saturated heterocycles. The van der Waals surface area contributed by atoms with E-state index in [1.807, 2.05) is 0 Å². The van der Waals surface area contributed by atoms with E-state index in [9.17, 15) is 17.6 Å². The van der Waals surface area contributed by atoms with Crippen molar-refractivity contribution in [3.63, 3.8) is 0 Å². The maximum atomic E-state index is 13.4. The van der Waals surface area contributed by atoms with Gasteiger partial charge in [-0.3, -0.25) is 4.79 Å². The molecule has 0 spiro atoms. The molecule has 1 amide bonds. The largest absolute Gasteiger partial charge is 0.356 e. The first-order valence-electron chi connectivity index (χ1n) is 7.47. The van der Waals surface area contributed by atoms with Crippen molar-refractivity contribution < 1.29 is 17.6 Å². The third-order valence-electron chi connectivity index (χ3n) is 3.67. The average Bonchev–Trinajstić information content (AvgIpc) is 2.47. The number of hydrogen-bond acceptors (Lipinski definition) is 3. The van der Waals surface area contributed by atoms with Crippen LogP contribution in [0.1, 0.15) is 24.8 Å². The number of rotatable bonds is 6. The summed E-state index contributed by atoms with van der Waals surface area (Å²) in [5, 5.41) is 2.70. The predicted molar refractivity (Wildman–Crippen MR) is 82.3 cm³/mol. The molecule has 122 valence electrons. The first-order chi connectivity index (χ1) is 10.5. The highest BCUT2D eigenvalue weighted by molar-refractivity contribution is 7.89. The predicted octanol–water partition coefficient (Wildman–Crippen LogP) is 1.30. The molecule has 1 N–H and O–H groups in total. The number of nitrogens with one attached hydrogen (secondary N) is 1. The van der Waals surface area contributed by atoms with Crippen LogP contribution in [-0.4, -0.2) is 44.0 Å². The topological polar surface area (TPSA) is 66.5 Å². The summed E-state index contributed by atoms with van der Waals surface area (Å²) in [5.41, 5.74) is 0.360. The zero-order chi connectivity index (χ0) is 16.0. The van der Waals surface area contributed by atoms with E-state index in [4.69, 9.17) is 0 Å². The van der Waals surface area contributed by atoms with Crippen LogP contribution in [0.4, 0.5) is 4.39 Å². The van der Waals surface area contributed by atoms with Gasteiger partial charge in [0.25, 0.3) is 0 Å². The molecular formula is C15H21FN2O3S. The molecule has 1 aromatic rings. The van der Waals surface area contributed by atoms with E-state index in [0.29, 0.717) is 31.6 Å². The van der Waals surface area contributed by atoms with Crippen molar-refractivity contribution in [2.45, 2.75) is 25.7 Å². The SMILES string of the molecule is O=C(Cc1ccccc1F)NCCCN1CCCCS1(=O)=O. The number of hydrogen-bond donors (Lipinski definition) is 1. The molecule has 7 heteroatoms. The van der Waals surface area contributed by atoms with Crippen molar-refractivity contribution in [1.29, 1.82) is 0 Å². The maximum absolute atomic E-state index is 13.4.